The van der Waals surface area contributed by atoms with Crippen molar-refractivity contribution in [1.29, 1.82) is 5.26 Å². The largest absolute Gasteiger partial charge is 0.465 e. The van der Waals surface area contributed by atoms with E-state index in [0.29, 0.717) is 35.6 Å². The fourth-order valence-electron chi connectivity index (χ4n) is 3.22. The molecule has 3 aromatic rings. The average molecular weight is 407 g/mol. The van der Waals surface area contributed by atoms with E-state index in [2.05, 4.69) is 11.4 Å². The summed E-state index contributed by atoms with van der Waals surface area (Å²) in [5, 5.41) is 12.9. The molecule has 7 nitrogen and oxygen atoms in total. The molecule has 3 aromatic heterocycles. The number of fused-ring (bicyclic) bond motifs is 1. The summed E-state index contributed by atoms with van der Waals surface area (Å²) < 4.78 is 12.1. The van der Waals surface area contributed by atoms with E-state index in [1.54, 1.807) is 42.7 Å². The maximum absolute atomic E-state index is 12.2. The van der Waals surface area contributed by atoms with Gasteiger partial charge in [0.25, 0.3) is 0 Å². The van der Waals surface area contributed by atoms with E-state index in [9.17, 15) is 14.9 Å². The van der Waals surface area contributed by atoms with Crippen molar-refractivity contribution in [2.75, 3.05) is 5.32 Å². The van der Waals surface area contributed by atoms with Crippen molar-refractivity contribution >= 4 is 34.4 Å². The lowest BCUT2D eigenvalue weighted by atomic mass is 9.94. The van der Waals surface area contributed by atoms with Crippen molar-refractivity contribution in [2.45, 2.75) is 25.4 Å². The van der Waals surface area contributed by atoms with Crippen molar-refractivity contribution in [3.05, 3.63) is 70.8 Å². The Labute approximate surface area is 170 Å². The van der Waals surface area contributed by atoms with Crippen molar-refractivity contribution < 1.29 is 18.7 Å². The van der Waals surface area contributed by atoms with Crippen LogP contribution in [0, 0.1) is 11.3 Å². The highest BCUT2D eigenvalue weighted by Gasteiger charge is 2.28. The van der Waals surface area contributed by atoms with Gasteiger partial charge in [0.2, 0.25) is 5.91 Å². The molecule has 1 aliphatic carbocycles. The molecule has 0 aliphatic heterocycles. The van der Waals surface area contributed by atoms with Crippen LogP contribution in [-0.4, -0.2) is 22.7 Å². The van der Waals surface area contributed by atoms with Gasteiger partial charge < -0.3 is 14.5 Å². The van der Waals surface area contributed by atoms with Crippen molar-refractivity contribution in [2.24, 2.45) is 0 Å². The van der Waals surface area contributed by atoms with Crippen molar-refractivity contribution in [3.8, 4) is 6.07 Å². The Hall–Kier alpha value is -3.57. The minimum Gasteiger partial charge on any atom is -0.465 e. The Balaban J connectivity index is 1.45. The number of nitrogens with one attached hydrogen (secondary N) is 1. The van der Waals surface area contributed by atoms with Crippen LogP contribution < -0.4 is 5.32 Å². The number of hydrogen-bond donors (Lipinski definition) is 1. The number of carbonyl (C=O) groups excluding carboxylic acids is 2. The van der Waals surface area contributed by atoms with Gasteiger partial charge in [0.15, 0.2) is 0 Å². The first-order valence-electron chi connectivity index (χ1n) is 9.05. The number of ether oxygens (including phenoxy) is 1. The zero-order valence-corrected chi connectivity index (χ0v) is 16.1. The molecular formula is C21H17N3O4S. The van der Waals surface area contributed by atoms with E-state index in [1.165, 1.54) is 28.2 Å². The Morgan fingerprint density at radius 3 is 2.90 bits per heavy atom. The van der Waals surface area contributed by atoms with E-state index in [0.717, 1.165) is 10.4 Å². The molecule has 1 aliphatic rings. The van der Waals surface area contributed by atoms with Gasteiger partial charge in [0.1, 0.15) is 22.9 Å². The van der Waals surface area contributed by atoms with Gasteiger partial charge in [0.05, 0.1) is 11.8 Å². The second-order valence-corrected chi connectivity index (χ2v) is 7.60. The molecule has 8 heteroatoms. The smallest absolute Gasteiger partial charge is 0.418 e. The fourth-order valence-corrected chi connectivity index (χ4v) is 4.49. The van der Waals surface area contributed by atoms with E-state index in [4.69, 9.17) is 9.15 Å². The minimum atomic E-state index is -0.419. The molecule has 1 unspecified atom stereocenters. The number of nitrogens with zero attached hydrogens (tertiary/aromatic N) is 2. The minimum absolute atomic E-state index is 0.259. The molecule has 0 bridgehead atoms. The maximum Gasteiger partial charge on any atom is 0.418 e. The van der Waals surface area contributed by atoms with Gasteiger partial charge in [0, 0.05) is 29.8 Å². The highest BCUT2D eigenvalue weighted by molar-refractivity contribution is 7.16. The summed E-state index contributed by atoms with van der Waals surface area (Å²) in [6, 6.07) is 9.19. The van der Waals surface area contributed by atoms with Crippen LogP contribution in [-0.2, 0) is 22.4 Å². The first kappa shape index (κ1) is 18.8. The number of thiophene rings is 1. The second kappa shape index (κ2) is 8.20. The van der Waals surface area contributed by atoms with Crippen LogP contribution in [0.4, 0.5) is 9.80 Å². The number of carbonyl (C=O) groups is 2. The first-order chi connectivity index (χ1) is 14.1. The summed E-state index contributed by atoms with van der Waals surface area (Å²) in [6.45, 7) is 0. The summed E-state index contributed by atoms with van der Waals surface area (Å²) in [4.78, 5) is 25.3. The van der Waals surface area contributed by atoms with Crippen LogP contribution in [0.5, 0.6) is 0 Å². The lowest BCUT2D eigenvalue weighted by Gasteiger charge is -2.22. The van der Waals surface area contributed by atoms with Crippen LogP contribution in [0.1, 0.15) is 28.2 Å². The zero-order chi connectivity index (χ0) is 20.2. The Morgan fingerprint density at radius 2 is 2.17 bits per heavy atom. The molecule has 1 amide bonds. The molecule has 0 saturated carbocycles. The van der Waals surface area contributed by atoms with Crippen LogP contribution in [0.2, 0.25) is 0 Å². The Morgan fingerprint density at radius 1 is 1.34 bits per heavy atom. The van der Waals surface area contributed by atoms with Gasteiger partial charge in [-0.15, -0.1) is 11.3 Å². The molecule has 0 fully saturated rings. The van der Waals surface area contributed by atoms with E-state index in [-0.39, 0.29) is 12.0 Å². The maximum atomic E-state index is 12.2. The third kappa shape index (κ3) is 4.15. The predicted molar refractivity (Wildman–Crippen MR) is 108 cm³/mol. The summed E-state index contributed by atoms with van der Waals surface area (Å²) in [7, 11) is 0. The molecule has 1 atom stereocenters. The molecule has 3 heterocycles. The summed E-state index contributed by atoms with van der Waals surface area (Å²) >= 11 is 1.36. The quantitative estimate of drug-likeness (QED) is 0.654. The van der Waals surface area contributed by atoms with E-state index < -0.39 is 6.09 Å². The van der Waals surface area contributed by atoms with Gasteiger partial charge in [-0.05, 0) is 48.7 Å². The SMILES string of the molecule is N#Cc1c(NC(=O)/C=C/c2ccco2)sc2c1CCC(OC(=O)n1cccc1)C2. The van der Waals surface area contributed by atoms with Crippen molar-refractivity contribution in [1.82, 2.24) is 4.57 Å². The number of aromatic nitrogens is 1. The number of furan rings is 1. The molecule has 0 aromatic carbocycles. The number of amides is 1. The molecule has 0 saturated heterocycles. The number of rotatable bonds is 4. The monoisotopic (exact) mass is 407 g/mol. The summed E-state index contributed by atoms with van der Waals surface area (Å²) in [5.41, 5.74) is 1.41. The molecule has 0 spiro atoms. The highest BCUT2D eigenvalue weighted by atomic mass is 32.1. The van der Waals surface area contributed by atoms with Crippen LogP contribution in [0.3, 0.4) is 0 Å². The topological polar surface area (TPSA) is 97.3 Å². The van der Waals surface area contributed by atoms with Gasteiger partial charge in [-0.2, -0.15) is 5.26 Å². The fraction of sp³-hybridized carbons (Fsp3) is 0.190. The van der Waals surface area contributed by atoms with Gasteiger partial charge in [-0.1, -0.05) is 0 Å². The lowest BCUT2D eigenvalue weighted by Crippen LogP contribution is -2.26. The second-order valence-electron chi connectivity index (χ2n) is 6.50. The molecule has 4 rings (SSSR count). The highest BCUT2D eigenvalue weighted by Crippen LogP contribution is 2.38. The van der Waals surface area contributed by atoms with Gasteiger partial charge in [-0.25, -0.2) is 4.79 Å². The Kier molecular flexibility index (Phi) is 5.31. The Bertz CT molecular complexity index is 1090. The first-order valence-corrected chi connectivity index (χ1v) is 9.87. The third-order valence-corrected chi connectivity index (χ3v) is 5.76. The standard InChI is InChI=1S/C21H17N3O4S/c22-13-17-16-7-5-15(28-21(26)24-9-1-2-10-24)12-18(16)29-20(17)23-19(25)8-6-14-4-3-11-27-14/h1-4,6,8-11,15H,5,7,12H2,(H,23,25)/b8-6+. The molecule has 0 radical (unpaired) electrons. The van der Waals surface area contributed by atoms with E-state index in [1.807, 2.05) is 0 Å². The average Bonchev–Trinajstić information content (AvgIpc) is 3.46. The van der Waals surface area contributed by atoms with Crippen LogP contribution >= 0.6 is 11.3 Å². The van der Waals surface area contributed by atoms with Crippen LogP contribution in [0.15, 0.2) is 53.4 Å². The lowest BCUT2D eigenvalue weighted by molar-refractivity contribution is -0.111. The van der Waals surface area contributed by atoms with Crippen LogP contribution in [0.25, 0.3) is 6.08 Å². The summed E-state index contributed by atoms with van der Waals surface area (Å²) in [5.74, 6) is 0.227. The molecule has 146 valence electrons. The molecule has 1 N–H and O–H groups in total. The molecule has 29 heavy (non-hydrogen) atoms. The predicted octanol–water partition coefficient (Wildman–Crippen LogP) is 4.21. The van der Waals surface area contributed by atoms with Crippen molar-refractivity contribution in [3.63, 3.8) is 0 Å². The zero-order valence-electron chi connectivity index (χ0n) is 15.3. The van der Waals surface area contributed by atoms with Gasteiger partial charge in [-0.3, -0.25) is 9.36 Å². The normalized spacial score (nSPS) is 15.6. The number of hydrogen-bond acceptors (Lipinski definition) is 6. The van der Waals surface area contributed by atoms with E-state index >= 15 is 0 Å². The third-order valence-electron chi connectivity index (χ3n) is 4.59. The number of anilines is 1. The molecular weight excluding hydrogens is 390 g/mol. The summed E-state index contributed by atoms with van der Waals surface area (Å²) in [6.07, 6.45) is 8.83. The van der Waals surface area contributed by atoms with Gasteiger partial charge >= 0.3 is 6.09 Å². The number of nitriles is 1.